The molecular formula is C9H9N3O3S. The predicted octanol–water partition coefficient (Wildman–Crippen LogP) is 0.916. The first-order chi connectivity index (χ1) is 7.58. The molecule has 0 aliphatic rings. The van der Waals surface area contributed by atoms with Gasteiger partial charge >= 0.3 is 0 Å². The van der Waals surface area contributed by atoms with Crippen LogP contribution in [0.25, 0.3) is 0 Å². The van der Waals surface area contributed by atoms with Crippen molar-refractivity contribution in [3.05, 3.63) is 36.5 Å². The van der Waals surface area contributed by atoms with Gasteiger partial charge in [0.25, 0.3) is 10.0 Å². The summed E-state index contributed by atoms with van der Waals surface area (Å²) in [6.07, 6.45) is 1.35. The molecule has 0 amide bonds. The van der Waals surface area contributed by atoms with Crippen molar-refractivity contribution in [1.82, 2.24) is 10.2 Å². The summed E-state index contributed by atoms with van der Waals surface area (Å²) in [4.78, 5) is 0. The maximum absolute atomic E-state index is 11.7. The standard InChI is InChI=1S/C9H9N3O3S/c13-8-3-1-7(2-4-8)12-16(14,15)9-5-6-10-11-9/h1-6,12-13H,(H,10,11). The largest absolute Gasteiger partial charge is 0.508 e. The quantitative estimate of drug-likeness (QED) is 0.694. The zero-order chi connectivity index (χ0) is 11.6. The number of sulfonamides is 1. The van der Waals surface area contributed by atoms with Gasteiger partial charge in [-0.15, -0.1) is 0 Å². The predicted molar refractivity (Wildman–Crippen MR) is 57.5 cm³/mol. The molecular weight excluding hydrogens is 230 g/mol. The molecule has 0 fully saturated rings. The smallest absolute Gasteiger partial charge is 0.278 e. The van der Waals surface area contributed by atoms with E-state index in [9.17, 15) is 8.42 Å². The Kier molecular flexibility index (Phi) is 2.53. The Bertz CT molecular complexity index is 561. The highest BCUT2D eigenvalue weighted by molar-refractivity contribution is 7.92. The Morgan fingerprint density at radius 3 is 2.44 bits per heavy atom. The average Bonchev–Trinajstić information content (AvgIpc) is 2.75. The monoisotopic (exact) mass is 239 g/mol. The molecule has 0 atom stereocenters. The van der Waals surface area contributed by atoms with Crippen LogP contribution in [0.1, 0.15) is 0 Å². The van der Waals surface area contributed by atoms with Gasteiger partial charge in [-0.3, -0.25) is 9.82 Å². The topological polar surface area (TPSA) is 95.1 Å². The average molecular weight is 239 g/mol. The van der Waals surface area contributed by atoms with E-state index in [1.807, 2.05) is 0 Å². The van der Waals surface area contributed by atoms with Crippen LogP contribution < -0.4 is 4.72 Å². The lowest BCUT2D eigenvalue weighted by atomic mass is 10.3. The van der Waals surface area contributed by atoms with Gasteiger partial charge in [0.2, 0.25) is 0 Å². The fourth-order valence-electron chi connectivity index (χ4n) is 1.13. The second-order valence-corrected chi connectivity index (χ2v) is 4.72. The van der Waals surface area contributed by atoms with Crippen LogP contribution in [-0.2, 0) is 10.0 Å². The summed E-state index contributed by atoms with van der Waals surface area (Å²) in [5.74, 6) is 0.0736. The molecule has 6 nitrogen and oxygen atoms in total. The lowest BCUT2D eigenvalue weighted by Gasteiger charge is -2.05. The Morgan fingerprint density at radius 1 is 1.19 bits per heavy atom. The van der Waals surface area contributed by atoms with Gasteiger partial charge in [0.05, 0.1) is 6.20 Å². The van der Waals surface area contributed by atoms with Crippen molar-refractivity contribution in [2.45, 2.75) is 5.03 Å². The molecule has 1 aromatic heterocycles. The lowest BCUT2D eigenvalue weighted by Crippen LogP contribution is -2.13. The fourth-order valence-corrected chi connectivity index (χ4v) is 2.10. The number of anilines is 1. The molecule has 84 valence electrons. The minimum atomic E-state index is -3.63. The van der Waals surface area contributed by atoms with E-state index in [2.05, 4.69) is 14.9 Å². The summed E-state index contributed by atoms with van der Waals surface area (Å²) in [6.45, 7) is 0. The van der Waals surface area contributed by atoms with E-state index in [4.69, 9.17) is 5.11 Å². The third-order valence-electron chi connectivity index (χ3n) is 1.88. The number of rotatable bonds is 3. The zero-order valence-corrected chi connectivity index (χ0v) is 8.90. The number of aromatic amines is 1. The van der Waals surface area contributed by atoms with E-state index < -0.39 is 10.0 Å². The van der Waals surface area contributed by atoms with Crippen molar-refractivity contribution < 1.29 is 13.5 Å². The second kappa shape index (κ2) is 3.86. The highest BCUT2D eigenvalue weighted by Crippen LogP contribution is 2.17. The Balaban J connectivity index is 2.25. The van der Waals surface area contributed by atoms with Crippen molar-refractivity contribution >= 4 is 15.7 Å². The molecule has 1 aromatic carbocycles. The summed E-state index contributed by atoms with van der Waals surface area (Å²) in [5.41, 5.74) is 0.368. The van der Waals surface area contributed by atoms with Crippen LogP contribution in [0.15, 0.2) is 41.6 Å². The van der Waals surface area contributed by atoms with Crippen molar-refractivity contribution in [3.8, 4) is 5.75 Å². The number of phenolic OH excluding ortho intramolecular Hbond substituents is 1. The van der Waals surface area contributed by atoms with Gasteiger partial charge in [0.1, 0.15) is 5.75 Å². The van der Waals surface area contributed by atoms with E-state index >= 15 is 0 Å². The third-order valence-corrected chi connectivity index (χ3v) is 3.20. The van der Waals surface area contributed by atoms with Crippen LogP contribution in [0.2, 0.25) is 0 Å². The van der Waals surface area contributed by atoms with Gasteiger partial charge in [0, 0.05) is 5.69 Å². The molecule has 16 heavy (non-hydrogen) atoms. The Hall–Kier alpha value is -2.02. The van der Waals surface area contributed by atoms with Gasteiger partial charge in [-0.05, 0) is 30.3 Å². The molecule has 0 spiro atoms. The van der Waals surface area contributed by atoms with Gasteiger partial charge in [-0.1, -0.05) is 0 Å². The van der Waals surface area contributed by atoms with Gasteiger partial charge in [0.15, 0.2) is 5.03 Å². The Morgan fingerprint density at radius 2 is 1.88 bits per heavy atom. The lowest BCUT2D eigenvalue weighted by molar-refractivity contribution is 0.475. The maximum Gasteiger partial charge on any atom is 0.278 e. The molecule has 0 saturated carbocycles. The number of nitrogens with zero attached hydrogens (tertiary/aromatic N) is 1. The Labute approximate surface area is 92.0 Å². The molecule has 3 N–H and O–H groups in total. The van der Waals surface area contributed by atoms with E-state index in [1.54, 1.807) is 0 Å². The van der Waals surface area contributed by atoms with Crippen molar-refractivity contribution in [1.29, 1.82) is 0 Å². The highest BCUT2D eigenvalue weighted by atomic mass is 32.2. The summed E-state index contributed by atoms with van der Waals surface area (Å²) < 4.78 is 25.7. The first kappa shape index (κ1) is 10.5. The summed E-state index contributed by atoms with van der Waals surface area (Å²) in [5, 5.41) is 15.0. The first-order valence-electron chi connectivity index (χ1n) is 4.39. The highest BCUT2D eigenvalue weighted by Gasteiger charge is 2.14. The molecule has 0 bridgehead atoms. The van der Waals surface area contributed by atoms with Crippen LogP contribution >= 0.6 is 0 Å². The van der Waals surface area contributed by atoms with Gasteiger partial charge in [-0.2, -0.15) is 13.5 Å². The fraction of sp³-hybridized carbons (Fsp3) is 0. The molecule has 0 saturated heterocycles. The van der Waals surface area contributed by atoms with Crippen LogP contribution in [0.3, 0.4) is 0 Å². The van der Waals surface area contributed by atoms with Gasteiger partial charge in [-0.25, -0.2) is 0 Å². The van der Waals surface area contributed by atoms with E-state index in [-0.39, 0.29) is 10.8 Å². The van der Waals surface area contributed by atoms with E-state index in [1.165, 1.54) is 36.5 Å². The number of phenols is 1. The van der Waals surface area contributed by atoms with Crippen LogP contribution in [0, 0.1) is 0 Å². The second-order valence-electron chi connectivity index (χ2n) is 3.07. The molecule has 2 aromatic rings. The van der Waals surface area contributed by atoms with Crippen LogP contribution in [0.4, 0.5) is 5.69 Å². The molecule has 0 radical (unpaired) electrons. The number of aromatic nitrogens is 2. The summed E-state index contributed by atoms with van der Waals surface area (Å²) >= 11 is 0. The molecule has 0 unspecified atom stereocenters. The number of H-pyrrole nitrogens is 1. The SMILES string of the molecule is O=S(=O)(Nc1ccc(O)cc1)c1ccn[nH]1. The minimum Gasteiger partial charge on any atom is -0.508 e. The first-order valence-corrected chi connectivity index (χ1v) is 5.87. The van der Waals surface area contributed by atoms with Crippen molar-refractivity contribution in [2.75, 3.05) is 4.72 Å². The van der Waals surface area contributed by atoms with E-state index in [0.29, 0.717) is 5.69 Å². The number of hydrogen-bond donors (Lipinski definition) is 3. The molecule has 2 rings (SSSR count). The summed E-state index contributed by atoms with van der Waals surface area (Å²) in [7, 11) is -3.63. The van der Waals surface area contributed by atoms with Gasteiger partial charge < -0.3 is 5.11 Å². The zero-order valence-electron chi connectivity index (χ0n) is 8.08. The minimum absolute atomic E-state index is 0.0134. The van der Waals surface area contributed by atoms with Crippen LogP contribution in [0.5, 0.6) is 5.75 Å². The number of benzene rings is 1. The molecule has 0 aliphatic heterocycles. The van der Waals surface area contributed by atoms with Crippen molar-refractivity contribution in [3.63, 3.8) is 0 Å². The molecule has 7 heteroatoms. The van der Waals surface area contributed by atoms with E-state index in [0.717, 1.165) is 0 Å². The third kappa shape index (κ3) is 2.14. The van der Waals surface area contributed by atoms with Crippen LogP contribution in [-0.4, -0.2) is 23.7 Å². The number of nitrogens with one attached hydrogen (secondary N) is 2. The molecule has 1 heterocycles. The maximum atomic E-state index is 11.7. The van der Waals surface area contributed by atoms with Crippen molar-refractivity contribution in [2.24, 2.45) is 0 Å². The normalized spacial score (nSPS) is 11.2. The number of hydrogen-bond acceptors (Lipinski definition) is 4. The molecule has 0 aliphatic carbocycles. The summed E-state index contributed by atoms with van der Waals surface area (Å²) in [6, 6.07) is 7.06. The number of aromatic hydroxyl groups is 1.